The molecule has 2 fully saturated rings. The Morgan fingerprint density at radius 2 is 1.42 bits per heavy atom. The zero-order valence-electron chi connectivity index (χ0n) is 13.0. The monoisotopic (exact) mass is 267 g/mol. The van der Waals surface area contributed by atoms with Crippen LogP contribution in [0.1, 0.15) is 78.1 Å². The van der Waals surface area contributed by atoms with Gasteiger partial charge in [-0.05, 0) is 43.9 Å². The lowest BCUT2D eigenvalue weighted by molar-refractivity contribution is -0.137. The molecule has 112 valence electrons. The summed E-state index contributed by atoms with van der Waals surface area (Å²) in [7, 11) is 0. The van der Waals surface area contributed by atoms with Crippen molar-refractivity contribution >= 4 is 0 Å². The van der Waals surface area contributed by atoms with Crippen LogP contribution in [0.5, 0.6) is 0 Å². The fraction of sp³-hybridized carbons (Fsp3) is 1.00. The third-order valence-electron chi connectivity index (χ3n) is 5.87. The third kappa shape index (κ3) is 3.16. The molecule has 2 atom stereocenters. The number of aliphatic hydroxyl groups is 1. The lowest BCUT2D eigenvalue weighted by atomic mass is 9.57. The van der Waals surface area contributed by atoms with Gasteiger partial charge < -0.3 is 10.8 Å². The fourth-order valence-electron chi connectivity index (χ4n) is 4.96. The van der Waals surface area contributed by atoms with Crippen molar-refractivity contribution < 1.29 is 5.11 Å². The fourth-order valence-corrected chi connectivity index (χ4v) is 4.96. The Bertz CT molecular complexity index is 271. The van der Waals surface area contributed by atoms with Crippen LogP contribution >= 0.6 is 0 Å². The van der Waals surface area contributed by atoms with Crippen LogP contribution in [0.2, 0.25) is 0 Å². The largest absolute Gasteiger partial charge is 0.389 e. The zero-order valence-corrected chi connectivity index (χ0v) is 13.0. The van der Waals surface area contributed by atoms with E-state index in [0.717, 1.165) is 25.7 Å². The Labute approximate surface area is 119 Å². The first-order valence-corrected chi connectivity index (χ1v) is 8.44. The van der Waals surface area contributed by atoms with Crippen LogP contribution in [0, 0.1) is 17.3 Å². The number of rotatable bonds is 2. The van der Waals surface area contributed by atoms with E-state index >= 15 is 0 Å². The molecule has 2 heteroatoms. The Hall–Kier alpha value is -0.0800. The summed E-state index contributed by atoms with van der Waals surface area (Å²) in [6.07, 6.45) is 12.0. The van der Waals surface area contributed by atoms with E-state index in [0.29, 0.717) is 18.4 Å². The maximum atomic E-state index is 11.4. The lowest BCUT2D eigenvalue weighted by Gasteiger charge is -2.53. The van der Waals surface area contributed by atoms with Crippen molar-refractivity contribution in [2.75, 3.05) is 6.54 Å². The van der Waals surface area contributed by atoms with Crippen LogP contribution in [0.4, 0.5) is 0 Å². The molecule has 0 radical (unpaired) electrons. The van der Waals surface area contributed by atoms with Gasteiger partial charge in [-0.3, -0.25) is 0 Å². The van der Waals surface area contributed by atoms with Crippen molar-refractivity contribution in [2.45, 2.75) is 83.7 Å². The van der Waals surface area contributed by atoms with E-state index in [-0.39, 0.29) is 5.41 Å². The van der Waals surface area contributed by atoms with Crippen LogP contribution in [-0.2, 0) is 0 Å². The van der Waals surface area contributed by atoms with E-state index in [1.54, 1.807) is 0 Å². The summed E-state index contributed by atoms with van der Waals surface area (Å²) >= 11 is 0. The summed E-state index contributed by atoms with van der Waals surface area (Å²) in [5.74, 6) is 1.28. The molecule has 2 unspecified atom stereocenters. The Morgan fingerprint density at radius 1 is 0.947 bits per heavy atom. The summed E-state index contributed by atoms with van der Waals surface area (Å²) in [4.78, 5) is 0. The first kappa shape index (κ1) is 15.3. The van der Waals surface area contributed by atoms with Crippen LogP contribution in [-0.4, -0.2) is 17.3 Å². The highest BCUT2D eigenvalue weighted by Crippen LogP contribution is 2.51. The SMILES string of the molecule is CC1CC(C)CC(O)(C2(CN)CCCCCCC2)C1. The number of nitrogens with two attached hydrogens (primary N) is 1. The molecule has 19 heavy (non-hydrogen) atoms. The predicted molar refractivity (Wildman–Crippen MR) is 80.9 cm³/mol. The molecule has 3 N–H and O–H groups in total. The highest BCUT2D eigenvalue weighted by atomic mass is 16.3. The standard InChI is InChI=1S/C17H33NO/c1-14-10-15(2)12-17(19,11-14)16(13-18)8-6-4-3-5-7-9-16/h14-15,19H,3-13,18H2,1-2H3. The van der Waals surface area contributed by atoms with Gasteiger partial charge in [0, 0.05) is 12.0 Å². The van der Waals surface area contributed by atoms with Crippen molar-refractivity contribution in [3.63, 3.8) is 0 Å². The van der Waals surface area contributed by atoms with E-state index in [1.165, 1.54) is 38.5 Å². The molecule has 0 heterocycles. The minimum Gasteiger partial charge on any atom is -0.389 e. The van der Waals surface area contributed by atoms with E-state index in [2.05, 4.69) is 13.8 Å². The Kier molecular flexibility index (Phi) is 4.94. The van der Waals surface area contributed by atoms with Gasteiger partial charge in [-0.2, -0.15) is 0 Å². The number of hydrogen-bond donors (Lipinski definition) is 2. The zero-order chi connectivity index (χ0) is 13.9. The maximum Gasteiger partial charge on any atom is 0.0720 e. The molecule has 0 saturated heterocycles. The Balaban J connectivity index is 2.21. The maximum absolute atomic E-state index is 11.4. The summed E-state index contributed by atoms with van der Waals surface area (Å²) < 4.78 is 0. The topological polar surface area (TPSA) is 46.2 Å². The molecular formula is C17H33NO. The van der Waals surface area contributed by atoms with Gasteiger partial charge in [0.15, 0.2) is 0 Å². The van der Waals surface area contributed by atoms with Gasteiger partial charge in [0.1, 0.15) is 0 Å². The van der Waals surface area contributed by atoms with Crippen LogP contribution in [0.25, 0.3) is 0 Å². The van der Waals surface area contributed by atoms with E-state index < -0.39 is 5.60 Å². The predicted octanol–water partition coefficient (Wildman–Crippen LogP) is 3.86. The van der Waals surface area contributed by atoms with Gasteiger partial charge in [0.2, 0.25) is 0 Å². The summed E-state index contributed by atoms with van der Waals surface area (Å²) in [6.45, 7) is 5.27. The van der Waals surface area contributed by atoms with Gasteiger partial charge in [-0.1, -0.05) is 46.0 Å². The van der Waals surface area contributed by atoms with Gasteiger partial charge in [0.05, 0.1) is 5.60 Å². The van der Waals surface area contributed by atoms with Crippen molar-refractivity contribution in [1.82, 2.24) is 0 Å². The second-order valence-corrected chi connectivity index (χ2v) is 7.64. The lowest BCUT2D eigenvalue weighted by Crippen LogP contribution is -2.56. The van der Waals surface area contributed by atoms with Gasteiger partial charge in [0.25, 0.3) is 0 Å². The summed E-state index contributed by atoms with van der Waals surface area (Å²) in [5, 5.41) is 11.4. The second kappa shape index (κ2) is 6.13. The van der Waals surface area contributed by atoms with Gasteiger partial charge >= 0.3 is 0 Å². The van der Waals surface area contributed by atoms with Crippen molar-refractivity contribution in [1.29, 1.82) is 0 Å². The molecule has 0 aromatic heterocycles. The normalized spacial score (nSPS) is 40.4. The first-order chi connectivity index (χ1) is 9.01. The summed E-state index contributed by atoms with van der Waals surface area (Å²) in [5.41, 5.74) is 5.70. The minimum absolute atomic E-state index is 0.00361. The molecule has 2 saturated carbocycles. The average molecular weight is 267 g/mol. The highest BCUT2D eigenvalue weighted by Gasteiger charge is 2.51. The summed E-state index contributed by atoms with van der Waals surface area (Å²) in [6, 6.07) is 0. The molecule has 0 aromatic rings. The highest BCUT2D eigenvalue weighted by molar-refractivity contribution is 5.03. The quantitative estimate of drug-likeness (QED) is 0.798. The molecular weight excluding hydrogens is 234 g/mol. The van der Waals surface area contributed by atoms with Crippen LogP contribution in [0.3, 0.4) is 0 Å². The molecule has 0 bridgehead atoms. The van der Waals surface area contributed by atoms with Crippen LogP contribution < -0.4 is 5.73 Å². The van der Waals surface area contributed by atoms with Gasteiger partial charge in [-0.25, -0.2) is 0 Å². The van der Waals surface area contributed by atoms with Crippen molar-refractivity contribution in [3.8, 4) is 0 Å². The van der Waals surface area contributed by atoms with E-state index in [1.807, 2.05) is 0 Å². The Morgan fingerprint density at radius 3 is 1.89 bits per heavy atom. The van der Waals surface area contributed by atoms with E-state index in [4.69, 9.17) is 5.73 Å². The molecule has 2 nitrogen and oxygen atoms in total. The van der Waals surface area contributed by atoms with Gasteiger partial charge in [-0.15, -0.1) is 0 Å². The minimum atomic E-state index is -0.504. The molecule has 0 aliphatic heterocycles. The molecule has 2 aliphatic carbocycles. The van der Waals surface area contributed by atoms with Crippen LogP contribution in [0.15, 0.2) is 0 Å². The molecule has 0 aromatic carbocycles. The first-order valence-electron chi connectivity index (χ1n) is 8.44. The molecule has 2 aliphatic rings. The molecule has 0 amide bonds. The third-order valence-corrected chi connectivity index (χ3v) is 5.87. The van der Waals surface area contributed by atoms with Crippen molar-refractivity contribution in [3.05, 3.63) is 0 Å². The van der Waals surface area contributed by atoms with E-state index in [9.17, 15) is 5.11 Å². The number of hydrogen-bond acceptors (Lipinski definition) is 2. The average Bonchev–Trinajstić information content (AvgIpc) is 2.26. The molecule has 2 rings (SSSR count). The van der Waals surface area contributed by atoms with Crippen molar-refractivity contribution in [2.24, 2.45) is 23.0 Å². The smallest absolute Gasteiger partial charge is 0.0720 e. The second-order valence-electron chi connectivity index (χ2n) is 7.64. The molecule has 0 spiro atoms.